The highest BCUT2D eigenvalue weighted by molar-refractivity contribution is 7.85. The smallest absolute Gasteiger partial charge is 0.124 e. The van der Waals surface area contributed by atoms with Crippen LogP contribution in [0.4, 0.5) is 0 Å². The minimum absolute atomic E-state index is 0.0579. The van der Waals surface area contributed by atoms with Gasteiger partial charge in [0.2, 0.25) is 0 Å². The molecule has 0 amide bonds. The van der Waals surface area contributed by atoms with Crippen molar-refractivity contribution in [3.8, 4) is 11.1 Å². The van der Waals surface area contributed by atoms with Crippen LogP contribution in [0.5, 0.6) is 0 Å². The van der Waals surface area contributed by atoms with Crippen molar-refractivity contribution in [1.82, 2.24) is 0 Å². The summed E-state index contributed by atoms with van der Waals surface area (Å²) in [6, 6.07) is 11.3. The van der Waals surface area contributed by atoms with Crippen molar-refractivity contribution in [2.75, 3.05) is 0 Å². The zero-order valence-electron chi connectivity index (χ0n) is 9.57. The SMILES string of the molecule is O=C([O-])c1ccc(-c2ccc(S(=O)(=O)[O-])cc2)cc1. The number of carboxylic acid groups (broad SMARTS) is 1. The zero-order valence-corrected chi connectivity index (χ0v) is 10.4. The fourth-order valence-electron chi connectivity index (χ4n) is 1.61. The lowest BCUT2D eigenvalue weighted by molar-refractivity contribution is -0.255. The number of carboxylic acids is 1. The van der Waals surface area contributed by atoms with E-state index in [1.54, 1.807) is 12.1 Å². The first kappa shape index (κ1) is 13.3. The molecule has 0 N–H and O–H groups in total. The van der Waals surface area contributed by atoms with Crippen LogP contribution in [-0.4, -0.2) is 18.9 Å². The van der Waals surface area contributed by atoms with E-state index in [1.807, 2.05) is 0 Å². The first-order valence-electron chi connectivity index (χ1n) is 5.26. The Morgan fingerprint density at radius 3 is 1.63 bits per heavy atom. The third-order valence-electron chi connectivity index (χ3n) is 2.60. The summed E-state index contributed by atoms with van der Waals surface area (Å²) in [5.74, 6) is -1.26. The Labute approximate surface area is 109 Å². The largest absolute Gasteiger partial charge is 0.744 e. The van der Waals surface area contributed by atoms with Crippen LogP contribution in [0.1, 0.15) is 10.4 Å². The van der Waals surface area contributed by atoms with Gasteiger partial charge < -0.3 is 14.5 Å². The van der Waals surface area contributed by atoms with Crippen LogP contribution in [0.2, 0.25) is 0 Å². The molecule has 0 saturated heterocycles. The second kappa shape index (κ2) is 4.83. The molecule has 2 aromatic carbocycles. The highest BCUT2D eigenvalue weighted by Crippen LogP contribution is 2.21. The molecular formula is C13H8O5S-2. The summed E-state index contributed by atoms with van der Waals surface area (Å²) in [6.45, 7) is 0. The van der Waals surface area contributed by atoms with Crippen molar-refractivity contribution in [3.05, 3.63) is 54.1 Å². The summed E-state index contributed by atoms with van der Waals surface area (Å²) in [5.41, 5.74) is 1.44. The first-order chi connectivity index (χ1) is 8.88. The maximum absolute atomic E-state index is 10.8. The molecular weight excluding hydrogens is 268 g/mol. The van der Waals surface area contributed by atoms with E-state index in [0.29, 0.717) is 11.1 Å². The molecule has 0 radical (unpaired) electrons. The van der Waals surface area contributed by atoms with E-state index >= 15 is 0 Å². The molecule has 0 heterocycles. The van der Waals surface area contributed by atoms with E-state index in [9.17, 15) is 22.9 Å². The Hall–Kier alpha value is -2.18. The molecule has 0 fully saturated rings. The summed E-state index contributed by atoms with van der Waals surface area (Å²) in [4.78, 5) is 10.3. The minimum Gasteiger partial charge on any atom is -0.744 e. The van der Waals surface area contributed by atoms with Gasteiger partial charge in [-0.1, -0.05) is 36.4 Å². The van der Waals surface area contributed by atoms with Crippen LogP contribution >= 0.6 is 0 Å². The summed E-state index contributed by atoms with van der Waals surface area (Å²) >= 11 is 0. The van der Waals surface area contributed by atoms with E-state index in [1.165, 1.54) is 36.4 Å². The monoisotopic (exact) mass is 276 g/mol. The standard InChI is InChI=1S/C13H10O5S/c14-13(15)11-3-1-9(2-4-11)10-5-7-12(8-6-10)19(16,17)18/h1-8H,(H,14,15)(H,16,17,18)/p-2. The molecule has 0 aliphatic carbocycles. The lowest BCUT2D eigenvalue weighted by atomic mass is 10.0. The summed E-state index contributed by atoms with van der Waals surface area (Å²) < 4.78 is 32.3. The number of benzene rings is 2. The average molecular weight is 276 g/mol. The number of hydrogen-bond donors (Lipinski definition) is 0. The number of carbonyl (C=O) groups excluding carboxylic acids is 1. The molecule has 5 nitrogen and oxygen atoms in total. The predicted molar refractivity (Wildman–Crippen MR) is 64.2 cm³/mol. The van der Waals surface area contributed by atoms with E-state index < -0.39 is 16.1 Å². The zero-order chi connectivity index (χ0) is 14.0. The highest BCUT2D eigenvalue weighted by atomic mass is 32.2. The lowest BCUT2D eigenvalue weighted by Gasteiger charge is -2.08. The van der Waals surface area contributed by atoms with E-state index in [2.05, 4.69) is 0 Å². The fourth-order valence-corrected chi connectivity index (χ4v) is 2.08. The highest BCUT2D eigenvalue weighted by Gasteiger charge is 2.03. The molecule has 98 valence electrons. The van der Waals surface area contributed by atoms with Gasteiger partial charge in [0.15, 0.2) is 0 Å². The molecule has 6 heteroatoms. The van der Waals surface area contributed by atoms with Crippen molar-refractivity contribution >= 4 is 16.1 Å². The van der Waals surface area contributed by atoms with Crippen LogP contribution < -0.4 is 5.11 Å². The van der Waals surface area contributed by atoms with Crippen LogP contribution in [0.25, 0.3) is 11.1 Å². The van der Waals surface area contributed by atoms with Gasteiger partial charge in [-0.05, 0) is 28.8 Å². The van der Waals surface area contributed by atoms with Crippen molar-refractivity contribution in [2.45, 2.75) is 4.90 Å². The Morgan fingerprint density at radius 1 is 0.842 bits per heavy atom. The molecule has 0 atom stereocenters. The van der Waals surface area contributed by atoms with Gasteiger partial charge in [0.1, 0.15) is 10.1 Å². The molecule has 0 aromatic heterocycles. The third kappa shape index (κ3) is 2.98. The van der Waals surface area contributed by atoms with Crippen LogP contribution in [0, 0.1) is 0 Å². The van der Waals surface area contributed by atoms with Gasteiger partial charge in [-0.25, -0.2) is 8.42 Å². The fraction of sp³-hybridized carbons (Fsp3) is 0. The number of carbonyl (C=O) groups is 1. The third-order valence-corrected chi connectivity index (χ3v) is 3.45. The number of hydrogen-bond acceptors (Lipinski definition) is 5. The Balaban J connectivity index is 2.35. The van der Waals surface area contributed by atoms with E-state index in [-0.39, 0.29) is 10.5 Å². The summed E-state index contributed by atoms with van der Waals surface area (Å²) in [5, 5.41) is 10.6. The molecule has 0 spiro atoms. The number of rotatable bonds is 3. The van der Waals surface area contributed by atoms with E-state index in [4.69, 9.17) is 0 Å². The second-order valence-corrected chi connectivity index (χ2v) is 5.22. The molecule has 0 saturated carbocycles. The van der Waals surface area contributed by atoms with Gasteiger partial charge in [-0.15, -0.1) is 0 Å². The van der Waals surface area contributed by atoms with Gasteiger partial charge in [-0.3, -0.25) is 0 Å². The number of aromatic carboxylic acids is 1. The van der Waals surface area contributed by atoms with Crippen molar-refractivity contribution in [3.63, 3.8) is 0 Å². The Morgan fingerprint density at radius 2 is 1.26 bits per heavy atom. The molecule has 2 rings (SSSR count). The lowest BCUT2D eigenvalue weighted by Crippen LogP contribution is -2.21. The van der Waals surface area contributed by atoms with Gasteiger partial charge in [-0.2, -0.15) is 0 Å². The Kier molecular flexibility index (Phi) is 3.37. The topological polar surface area (TPSA) is 97.3 Å². The van der Waals surface area contributed by atoms with Gasteiger partial charge in [0, 0.05) is 0 Å². The van der Waals surface area contributed by atoms with Crippen LogP contribution in [0.15, 0.2) is 53.4 Å². The van der Waals surface area contributed by atoms with Gasteiger partial charge >= 0.3 is 0 Å². The van der Waals surface area contributed by atoms with Gasteiger partial charge in [0.25, 0.3) is 0 Å². The van der Waals surface area contributed by atoms with Crippen molar-refractivity contribution < 1.29 is 22.9 Å². The predicted octanol–water partition coefficient (Wildman–Crippen LogP) is 0.621. The molecule has 0 aliphatic heterocycles. The molecule has 2 aromatic rings. The second-order valence-electron chi connectivity index (χ2n) is 3.84. The molecule has 19 heavy (non-hydrogen) atoms. The van der Waals surface area contributed by atoms with E-state index in [0.717, 1.165) is 0 Å². The average Bonchev–Trinajstić information content (AvgIpc) is 2.38. The summed E-state index contributed by atoms with van der Waals surface area (Å²) in [7, 11) is -4.46. The molecule has 0 bridgehead atoms. The van der Waals surface area contributed by atoms with Crippen molar-refractivity contribution in [2.24, 2.45) is 0 Å². The first-order valence-corrected chi connectivity index (χ1v) is 6.66. The van der Waals surface area contributed by atoms with Crippen molar-refractivity contribution in [1.29, 1.82) is 0 Å². The maximum Gasteiger partial charge on any atom is 0.124 e. The summed E-state index contributed by atoms with van der Waals surface area (Å²) in [6.07, 6.45) is 0. The normalized spacial score (nSPS) is 11.2. The molecule has 0 unspecified atom stereocenters. The van der Waals surface area contributed by atoms with Crippen LogP contribution in [-0.2, 0) is 10.1 Å². The minimum atomic E-state index is -4.46. The van der Waals surface area contributed by atoms with Gasteiger partial charge in [0.05, 0.1) is 10.9 Å². The quantitative estimate of drug-likeness (QED) is 0.765. The molecule has 0 aliphatic rings. The Bertz CT molecular complexity index is 700. The van der Waals surface area contributed by atoms with Crippen LogP contribution in [0.3, 0.4) is 0 Å². The maximum atomic E-state index is 10.8.